The summed E-state index contributed by atoms with van der Waals surface area (Å²) in [6.07, 6.45) is -6.41. The van der Waals surface area contributed by atoms with Crippen molar-refractivity contribution >= 4 is 43.0 Å². The van der Waals surface area contributed by atoms with Crippen molar-refractivity contribution in [1.29, 1.82) is 0 Å². The van der Waals surface area contributed by atoms with E-state index >= 15 is 0 Å². The summed E-state index contributed by atoms with van der Waals surface area (Å²) in [5.74, 6) is -0.765. The summed E-state index contributed by atoms with van der Waals surface area (Å²) in [4.78, 5) is 78.8. The van der Waals surface area contributed by atoms with Gasteiger partial charge in [0.15, 0.2) is 5.75 Å². The summed E-state index contributed by atoms with van der Waals surface area (Å²) in [6.45, 7) is -0.194. The van der Waals surface area contributed by atoms with Crippen molar-refractivity contribution in [3.05, 3.63) is 138 Å². The van der Waals surface area contributed by atoms with Crippen molar-refractivity contribution in [1.82, 2.24) is 0 Å². The van der Waals surface area contributed by atoms with E-state index in [1.165, 1.54) is 92.0 Å². The highest BCUT2D eigenvalue weighted by molar-refractivity contribution is 7.54. The molecule has 0 aromatic heterocycles. The number of methoxy groups -OCH3 is 3. The lowest BCUT2D eigenvalue weighted by Gasteiger charge is -2.19. The van der Waals surface area contributed by atoms with E-state index < -0.39 is 52.3 Å². The summed E-state index contributed by atoms with van der Waals surface area (Å²) in [5.41, 5.74) is -0.482. The third-order valence-electron chi connectivity index (χ3n) is 6.61. The Morgan fingerprint density at radius 2 is 0.875 bits per heavy atom. The molecule has 348 valence electrons. The summed E-state index contributed by atoms with van der Waals surface area (Å²) < 4.78 is 35.7. The number of aliphatic carboxylic acids is 1. The third-order valence-corrected chi connectivity index (χ3v) is 7.58. The van der Waals surface area contributed by atoms with Gasteiger partial charge in [0, 0.05) is 69.2 Å². The van der Waals surface area contributed by atoms with E-state index in [1.807, 2.05) is 0 Å². The lowest BCUT2D eigenvalue weighted by Crippen LogP contribution is -2.37. The van der Waals surface area contributed by atoms with Crippen LogP contribution in [0.15, 0.2) is 97.1 Å². The molecule has 64 heavy (non-hydrogen) atoms. The van der Waals surface area contributed by atoms with Crippen molar-refractivity contribution in [3.8, 4) is 23.0 Å². The summed E-state index contributed by atoms with van der Waals surface area (Å²) in [6, 6.07) is 19.3. The van der Waals surface area contributed by atoms with Crippen LogP contribution in [0.1, 0.15) is 12.8 Å². The number of nitro benzene ring substituents is 4. The zero-order valence-electron chi connectivity index (χ0n) is 33.1. The van der Waals surface area contributed by atoms with Gasteiger partial charge < -0.3 is 44.5 Å². The van der Waals surface area contributed by atoms with Crippen molar-refractivity contribution in [2.45, 2.75) is 25.2 Å². The van der Waals surface area contributed by atoms with E-state index in [-0.39, 0.29) is 65.2 Å². The van der Waals surface area contributed by atoms with Crippen molar-refractivity contribution in [3.63, 3.8) is 0 Å². The molecule has 0 atom stereocenters. The Hall–Kier alpha value is -7.31. The van der Waals surface area contributed by atoms with E-state index in [1.54, 1.807) is 0 Å². The second kappa shape index (κ2) is 26.2. The number of ether oxygens (including phenoxy) is 6. The van der Waals surface area contributed by atoms with Gasteiger partial charge in [-0.3, -0.25) is 59.2 Å². The molecule has 0 saturated heterocycles. The molecule has 0 aliphatic heterocycles. The highest BCUT2D eigenvalue weighted by Crippen LogP contribution is 2.52. The molecule has 4 aromatic rings. The molecule has 4 aromatic carbocycles. The lowest BCUT2D eigenvalue weighted by molar-refractivity contribution is -0.430. The van der Waals surface area contributed by atoms with Crippen LogP contribution in [-0.2, 0) is 23.5 Å². The minimum atomic E-state index is -4.13. The van der Waals surface area contributed by atoms with Crippen LogP contribution in [0, 0.1) is 40.5 Å². The second-order valence-electron chi connectivity index (χ2n) is 11.2. The van der Waals surface area contributed by atoms with Crippen LogP contribution < -0.4 is 18.7 Å². The van der Waals surface area contributed by atoms with E-state index in [0.29, 0.717) is 0 Å². The molecule has 0 aliphatic rings. The monoisotopic (exact) mass is 933 g/mol. The average molecular weight is 934 g/mol. The minimum Gasteiger partial charge on any atom is -0.481 e. The van der Waals surface area contributed by atoms with Crippen LogP contribution in [-0.4, -0.2) is 107 Å². The SMILES string of the molecule is COC(=O)Oc1ccc([N+](=O)[O-])cc1.COC(O)(O)Oc1ccc([N+](=O)[O-])cc1.COC(O)(O)Oc1ccc([N+](=O)[O-])cc1.O=C(O)CCCO[P+](O)(O)Oc1ccc([N+](=O)[O-])cc1. The van der Waals surface area contributed by atoms with Crippen molar-refractivity contribution < 1.29 is 102 Å². The van der Waals surface area contributed by atoms with Gasteiger partial charge in [-0.05, 0) is 55.0 Å². The fraction of sp³-hybridized carbons (Fsp3) is 0.235. The quantitative estimate of drug-likeness (QED) is 0.0142. The largest absolute Gasteiger partial charge is 0.616 e. The number of rotatable bonds is 18. The first kappa shape index (κ1) is 54.7. The molecular formula is C34H38N4O25P+. The molecule has 0 radical (unpaired) electrons. The normalized spacial score (nSPS) is 10.7. The molecule has 0 bridgehead atoms. The Labute approximate surface area is 358 Å². The van der Waals surface area contributed by atoms with Crippen LogP contribution in [0.2, 0.25) is 0 Å². The van der Waals surface area contributed by atoms with E-state index in [2.05, 4.69) is 32.9 Å². The second-order valence-corrected chi connectivity index (χ2v) is 12.6. The topological polar surface area (TPSA) is 422 Å². The van der Waals surface area contributed by atoms with Crippen LogP contribution in [0.25, 0.3) is 0 Å². The number of nitrogens with zero attached hydrogens (tertiary/aromatic N) is 4. The molecule has 0 aliphatic carbocycles. The van der Waals surface area contributed by atoms with Gasteiger partial charge in [-0.1, -0.05) is 0 Å². The molecule has 0 amide bonds. The smallest absolute Gasteiger partial charge is 0.481 e. The number of hydrogen-bond acceptors (Lipinski definition) is 24. The van der Waals surface area contributed by atoms with Crippen LogP contribution in [0.4, 0.5) is 27.5 Å². The summed E-state index contributed by atoms with van der Waals surface area (Å²) in [5, 5.41) is 85.4. The fourth-order valence-corrected chi connectivity index (χ4v) is 4.45. The minimum absolute atomic E-state index is 0.00725. The molecule has 0 saturated carbocycles. The summed E-state index contributed by atoms with van der Waals surface area (Å²) in [7, 11) is -0.885. The Balaban J connectivity index is 0.000000431. The van der Waals surface area contributed by atoms with Gasteiger partial charge in [-0.15, -0.1) is 4.52 Å². The first-order valence-corrected chi connectivity index (χ1v) is 18.4. The molecule has 7 N–H and O–H groups in total. The Morgan fingerprint density at radius 1 is 0.562 bits per heavy atom. The maximum absolute atomic E-state index is 10.6. The highest BCUT2D eigenvalue weighted by Gasteiger charge is 2.41. The van der Waals surface area contributed by atoms with Crippen molar-refractivity contribution in [2.75, 3.05) is 27.9 Å². The average Bonchev–Trinajstić information content (AvgIpc) is 3.23. The molecule has 0 spiro atoms. The lowest BCUT2D eigenvalue weighted by atomic mass is 10.3. The highest BCUT2D eigenvalue weighted by atomic mass is 31.2. The first-order valence-electron chi connectivity index (χ1n) is 16.8. The molecule has 0 fully saturated rings. The van der Waals surface area contributed by atoms with Gasteiger partial charge in [0.25, 0.3) is 22.7 Å². The molecule has 29 nitrogen and oxygen atoms in total. The van der Waals surface area contributed by atoms with E-state index in [9.17, 15) is 59.8 Å². The number of aliphatic hydroxyl groups is 4. The van der Waals surface area contributed by atoms with Gasteiger partial charge >= 0.3 is 32.6 Å². The predicted octanol–water partition coefficient (Wildman–Crippen LogP) is 3.69. The van der Waals surface area contributed by atoms with Gasteiger partial charge in [0.2, 0.25) is 0 Å². The third kappa shape index (κ3) is 22.5. The molecular weight excluding hydrogens is 895 g/mol. The standard InChI is InChI=1S/C10H12NO8P.2C8H9NO6.C8H7NO5/c12-10(13)2-1-7-18-20(16,17)19-9-5-3-8(4-6-9)11(14)15;2*1-14-8(10,11)15-7-4-2-6(3-5-7)9(12)13;1-13-8(10)14-7-4-2-6(3-5-7)9(11)12/h3-6,16-17H,1-2,7H2;2*2-5,10-11H,1H3;2-5H,1H3/p+1. The van der Waals surface area contributed by atoms with E-state index in [0.717, 1.165) is 26.4 Å². The molecule has 4 rings (SSSR count). The summed E-state index contributed by atoms with van der Waals surface area (Å²) >= 11 is 0. The number of nitro groups is 4. The number of carbonyl (C=O) groups excluding carboxylic acids is 1. The van der Waals surface area contributed by atoms with Gasteiger partial charge in [0.05, 0.1) is 26.8 Å². The van der Waals surface area contributed by atoms with Gasteiger partial charge in [0.1, 0.15) is 23.9 Å². The Bertz CT molecular complexity index is 2050. The number of carboxylic acids is 1. The number of carbonyl (C=O) groups is 2. The fourth-order valence-electron chi connectivity index (χ4n) is 3.64. The molecule has 0 unspecified atom stereocenters. The van der Waals surface area contributed by atoms with Crippen LogP contribution in [0.3, 0.4) is 0 Å². The molecule has 0 heterocycles. The number of carboxylic acid groups (broad SMARTS) is 1. The number of hydrogen-bond donors (Lipinski definition) is 7. The van der Waals surface area contributed by atoms with Crippen molar-refractivity contribution in [2.24, 2.45) is 0 Å². The zero-order chi connectivity index (χ0) is 48.7. The zero-order valence-corrected chi connectivity index (χ0v) is 34.0. The Kier molecular flexibility index (Phi) is 22.4. The van der Waals surface area contributed by atoms with E-state index in [4.69, 9.17) is 30.1 Å². The number of benzene rings is 4. The predicted molar refractivity (Wildman–Crippen MR) is 210 cm³/mol. The maximum Gasteiger partial charge on any atom is 0.616 e. The van der Waals surface area contributed by atoms with Crippen LogP contribution in [0.5, 0.6) is 23.0 Å². The first-order chi connectivity index (χ1) is 29.8. The number of non-ortho nitro benzene ring substituents is 4. The maximum atomic E-state index is 10.6. The van der Waals surface area contributed by atoms with Crippen LogP contribution >= 0.6 is 8.17 Å². The molecule has 30 heteroatoms. The van der Waals surface area contributed by atoms with Gasteiger partial charge in [-0.2, -0.15) is 9.79 Å². The Morgan fingerprint density at radius 3 is 1.16 bits per heavy atom. The van der Waals surface area contributed by atoms with Gasteiger partial charge in [-0.25, -0.2) is 4.79 Å².